The summed E-state index contributed by atoms with van der Waals surface area (Å²) in [5.74, 6) is 0.406. The number of aryl methyl sites for hydroxylation is 1. The summed E-state index contributed by atoms with van der Waals surface area (Å²) in [5.41, 5.74) is 4.20. The molecule has 4 aromatic rings. The Balaban J connectivity index is 1.27. The van der Waals surface area contributed by atoms with Crippen molar-refractivity contribution in [3.8, 4) is 11.1 Å². The SMILES string of the molecule is Cc1ccccc1CN1CCN(Cc2nc3scc(-c4ccc(F)cc4)c3c(=O)[nH]2)CC1. The van der Waals surface area contributed by atoms with Crippen molar-refractivity contribution in [2.45, 2.75) is 20.0 Å². The smallest absolute Gasteiger partial charge is 0.260 e. The maximum atomic E-state index is 13.3. The van der Waals surface area contributed by atoms with E-state index in [2.05, 4.69) is 46.0 Å². The minimum atomic E-state index is -0.290. The van der Waals surface area contributed by atoms with Gasteiger partial charge in [0.15, 0.2) is 0 Å². The highest BCUT2D eigenvalue weighted by atomic mass is 32.1. The number of halogens is 1. The van der Waals surface area contributed by atoms with Crippen LogP contribution in [-0.2, 0) is 13.1 Å². The van der Waals surface area contributed by atoms with Crippen LogP contribution in [0.2, 0.25) is 0 Å². The van der Waals surface area contributed by atoms with Crippen LogP contribution in [0.25, 0.3) is 21.3 Å². The van der Waals surface area contributed by atoms with Crippen molar-refractivity contribution in [3.05, 3.63) is 87.0 Å². The number of H-pyrrole nitrogens is 1. The van der Waals surface area contributed by atoms with Gasteiger partial charge in [0.1, 0.15) is 16.5 Å². The van der Waals surface area contributed by atoms with Gasteiger partial charge in [-0.25, -0.2) is 9.37 Å². The number of hydrogen-bond donors (Lipinski definition) is 1. The molecule has 1 N–H and O–H groups in total. The quantitative estimate of drug-likeness (QED) is 0.491. The van der Waals surface area contributed by atoms with Crippen molar-refractivity contribution in [1.29, 1.82) is 0 Å². The third-order valence-electron chi connectivity index (χ3n) is 6.14. The van der Waals surface area contributed by atoms with Crippen LogP contribution in [0.15, 0.2) is 58.7 Å². The second-order valence-corrected chi connectivity index (χ2v) is 9.19. The largest absolute Gasteiger partial charge is 0.309 e. The summed E-state index contributed by atoms with van der Waals surface area (Å²) < 4.78 is 13.3. The van der Waals surface area contributed by atoms with E-state index in [-0.39, 0.29) is 11.4 Å². The molecule has 164 valence electrons. The standard InChI is InChI=1S/C25H25FN4OS/c1-17-4-2-3-5-19(17)14-29-10-12-30(13-11-29)15-22-27-24(31)23-21(16-32-25(23)28-22)18-6-8-20(26)9-7-18/h2-9,16H,10-15H2,1H3,(H,27,28,31). The fourth-order valence-corrected chi connectivity index (χ4v) is 5.22. The molecule has 0 saturated carbocycles. The Hall–Kier alpha value is -2.87. The van der Waals surface area contributed by atoms with Crippen molar-refractivity contribution in [1.82, 2.24) is 19.8 Å². The summed E-state index contributed by atoms with van der Waals surface area (Å²) in [6, 6.07) is 14.8. The highest BCUT2D eigenvalue weighted by Gasteiger charge is 2.19. The molecule has 0 unspecified atom stereocenters. The molecule has 5 rings (SSSR count). The molecule has 1 aliphatic rings. The van der Waals surface area contributed by atoms with Gasteiger partial charge in [0.25, 0.3) is 5.56 Å². The van der Waals surface area contributed by atoms with E-state index in [0.29, 0.717) is 17.8 Å². The Morgan fingerprint density at radius 3 is 2.41 bits per heavy atom. The van der Waals surface area contributed by atoms with E-state index in [4.69, 9.17) is 4.98 Å². The second-order valence-electron chi connectivity index (χ2n) is 8.33. The Bertz CT molecular complexity index is 1290. The van der Waals surface area contributed by atoms with Crippen LogP contribution >= 0.6 is 11.3 Å². The van der Waals surface area contributed by atoms with Gasteiger partial charge in [0, 0.05) is 43.7 Å². The molecule has 5 nitrogen and oxygen atoms in total. The van der Waals surface area contributed by atoms with Gasteiger partial charge >= 0.3 is 0 Å². The first-order chi connectivity index (χ1) is 15.6. The molecular weight excluding hydrogens is 423 g/mol. The summed E-state index contributed by atoms with van der Waals surface area (Å²) in [7, 11) is 0. The van der Waals surface area contributed by atoms with E-state index in [1.54, 1.807) is 12.1 Å². The molecule has 1 aliphatic heterocycles. The van der Waals surface area contributed by atoms with Crippen LogP contribution in [0.1, 0.15) is 17.0 Å². The topological polar surface area (TPSA) is 52.2 Å². The van der Waals surface area contributed by atoms with Crippen LogP contribution in [-0.4, -0.2) is 45.9 Å². The average molecular weight is 449 g/mol. The minimum Gasteiger partial charge on any atom is -0.309 e. The number of hydrogen-bond acceptors (Lipinski definition) is 5. The molecular formula is C25H25FN4OS. The van der Waals surface area contributed by atoms with Crippen LogP contribution in [0.5, 0.6) is 0 Å². The highest BCUT2D eigenvalue weighted by molar-refractivity contribution is 7.17. The monoisotopic (exact) mass is 448 g/mol. The van der Waals surface area contributed by atoms with Crippen molar-refractivity contribution in [3.63, 3.8) is 0 Å². The van der Waals surface area contributed by atoms with Crippen LogP contribution in [0.4, 0.5) is 4.39 Å². The second kappa shape index (κ2) is 8.94. The predicted molar refractivity (Wildman–Crippen MR) is 127 cm³/mol. The third-order valence-corrected chi connectivity index (χ3v) is 7.01. The normalized spacial score (nSPS) is 15.4. The lowest BCUT2D eigenvalue weighted by Crippen LogP contribution is -2.45. The van der Waals surface area contributed by atoms with Gasteiger partial charge in [-0.3, -0.25) is 14.6 Å². The van der Waals surface area contributed by atoms with E-state index in [0.717, 1.165) is 48.7 Å². The molecule has 1 fully saturated rings. The summed E-state index contributed by atoms with van der Waals surface area (Å²) in [6.07, 6.45) is 0. The summed E-state index contributed by atoms with van der Waals surface area (Å²) in [5, 5.41) is 2.50. The number of aromatic nitrogens is 2. The van der Waals surface area contributed by atoms with Crippen LogP contribution in [0, 0.1) is 12.7 Å². The Kier molecular flexibility index (Phi) is 5.87. The highest BCUT2D eigenvalue weighted by Crippen LogP contribution is 2.30. The summed E-state index contributed by atoms with van der Waals surface area (Å²) >= 11 is 1.45. The molecule has 3 heterocycles. The van der Waals surface area contributed by atoms with E-state index in [1.165, 1.54) is 34.6 Å². The fourth-order valence-electron chi connectivity index (χ4n) is 4.26. The summed E-state index contributed by atoms with van der Waals surface area (Å²) in [6.45, 7) is 7.65. The lowest BCUT2D eigenvalue weighted by molar-refractivity contribution is 0.120. The molecule has 0 aliphatic carbocycles. The Labute approximate surface area is 190 Å². The first-order valence-corrected chi connectivity index (χ1v) is 11.7. The van der Waals surface area contributed by atoms with Gasteiger partial charge < -0.3 is 4.98 Å². The molecule has 2 aromatic heterocycles. The van der Waals surface area contributed by atoms with Crippen molar-refractivity contribution >= 4 is 21.6 Å². The number of rotatable bonds is 5. The number of fused-ring (bicyclic) bond motifs is 1. The van der Waals surface area contributed by atoms with Gasteiger partial charge in [-0.15, -0.1) is 11.3 Å². The zero-order valence-corrected chi connectivity index (χ0v) is 18.8. The molecule has 0 bridgehead atoms. The molecule has 0 amide bonds. The maximum absolute atomic E-state index is 13.3. The Morgan fingerprint density at radius 1 is 1.00 bits per heavy atom. The number of piperazine rings is 1. The van der Waals surface area contributed by atoms with Gasteiger partial charge in [-0.1, -0.05) is 36.4 Å². The summed E-state index contributed by atoms with van der Waals surface area (Å²) in [4.78, 5) is 26.1. The lowest BCUT2D eigenvalue weighted by Gasteiger charge is -2.34. The first kappa shape index (κ1) is 21.0. The van der Waals surface area contributed by atoms with Gasteiger partial charge in [0.2, 0.25) is 0 Å². The number of nitrogens with one attached hydrogen (secondary N) is 1. The number of aromatic amines is 1. The lowest BCUT2D eigenvalue weighted by atomic mass is 10.1. The molecule has 1 saturated heterocycles. The van der Waals surface area contributed by atoms with E-state index < -0.39 is 0 Å². The molecule has 0 spiro atoms. The average Bonchev–Trinajstić information content (AvgIpc) is 3.22. The molecule has 0 radical (unpaired) electrons. The maximum Gasteiger partial charge on any atom is 0.260 e. The predicted octanol–water partition coefficient (Wildman–Crippen LogP) is 4.42. The van der Waals surface area contributed by atoms with E-state index in [9.17, 15) is 9.18 Å². The van der Waals surface area contributed by atoms with E-state index in [1.807, 2.05) is 5.38 Å². The third kappa shape index (κ3) is 4.37. The Morgan fingerprint density at radius 2 is 1.69 bits per heavy atom. The van der Waals surface area contributed by atoms with Crippen molar-refractivity contribution in [2.75, 3.05) is 26.2 Å². The number of benzene rings is 2. The molecule has 7 heteroatoms. The molecule has 32 heavy (non-hydrogen) atoms. The van der Waals surface area contributed by atoms with E-state index >= 15 is 0 Å². The van der Waals surface area contributed by atoms with Gasteiger partial charge in [-0.05, 0) is 35.7 Å². The number of nitrogens with zero attached hydrogens (tertiary/aromatic N) is 3. The zero-order valence-electron chi connectivity index (χ0n) is 18.0. The fraction of sp³-hybridized carbons (Fsp3) is 0.280. The molecule has 2 aromatic carbocycles. The van der Waals surface area contributed by atoms with Crippen LogP contribution in [0.3, 0.4) is 0 Å². The first-order valence-electron chi connectivity index (χ1n) is 10.8. The number of thiophene rings is 1. The minimum absolute atomic E-state index is 0.135. The van der Waals surface area contributed by atoms with Gasteiger partial charge in [0.05, 0.1) is 11.9 Å². The zero-order chi connectivity index (χ0) is 22.1. The van der Waals surface area contributed by atoms with Crippen molar-refractivity contribution in [2.24, 2.45) is 0 Å². The van der Waals surface area contributed by atoms with Crippen LogP contribution < -0.4 is 5.56 Å². The van der Waals surface area contributed by atoms with Gasteiger partial charge in [-0.2, -0.15) is 0 Å². The van der Waals surface area contributed by atoms with Crippen molar-refractivity contribution < 1.29 is 4.39 Å². The molecule has 0 atom stereocenters.